The fourth-order valence-electron chi connectivity index (χ4n) is 4.26. The molecular formula is C19H20F3N7O2. The first-order chi connectivity index (χ1) is 14.9. The molecule has 164 valence electrons. The molecule has 12 heteroatoms. The number of halogens is 3. The van der Waals surface area contributed by atoms with E-state index in [9.17, 15) is 18.0 Å². The zero-order valence-corrected chi connectivity index (χ0v) is 16.3. The lowest BCUT2D eigenvalue weighted by Crippen LogP contribution is -2.53. The number of allylic oxidation sites excluding steroid dienone is 1. The standard InChI is InChI=1S/C19H20F3N7O2/c20-19(21,22)14-3-1-2-12(25-14)16-27-18(31-28-16)11-9-24-29-13(8-15(30)26-17(11)29)10-4-6-23-7-5-10/h1-3,8,10-11,17,23-24H,4-7,9H2,(H,26,30). The van der Waals surface area contributed by atoms with Gasteiger partial charge in [-0.05, 0) is 38.1 Å². The van der Waals surface area contributed by atoms with Crippen molar-refractivity contribution in [3.63, 3.8) is 0 Å². The van der Waals surface area contributed by atoms with E-state index in [1.807, 2.05) is 5.01 Å². The van der Waals surface area contributed by atoms with E-state index in [4.69, 9.17) is 4.52 Å². The Labute approximate surface area is 175 Å². The summed E-state index contributed by atoms with van der Waals surface area (Å²) in [4.78, 5) is 20.2. The molecule has 2 unspecified atom stereocenters. The number of nitrogens with zero attached hydrogens (tertiary/aromatic N) is 4. The van der Waals surface area contributed by atoms with Crippen LogP contribution in [-0.4, -0.2) is 51.8 Å². The van der Waals surface area contributed by atoms with E-state index in [1.54, 1.807) is 6.08 Å². The molecule has 0 saturated carbocycles. The minimum absolute atomic E-state index is 0.0317. The summed E-state index contributed by atoms with van der Waals surface area (Å²) in [6, 6.07) is 3.52. The van der Waals surface area contributed by atoms with Gasteiger partial charge < -0.3 is 15.2 Å². The van der Waals surface area contributed by atoms with E-state index < -0.39 is 18.0 Å². The van der Waals surface area contributed by atoms with E-state index in [-0.39, 0.29) is 35.2 Å². The topological polar surface area (TPSA) is 108 Å². The second-order valence-corrected chi connectivity index (χ2v) is 7.75. The van der Waals surface area contributed by atoms with Crippen LogP contribution in [-0.2, 0) is 11.0 Å². The Morgan fingerprint density at radius 3 is 2.74 bits per heavy atom. The number of alkyl halides is 3. The van der Waals surface area contributed by atoms with Crippen molar-refractivity contribution >= 4 is 5.91 Å². The molecule has 2 aromatic rings. The van der Waals surface area contributed by atoms with Gasteiger partial charge in [0.25, 0.3) is 0 Å². The predicted molar refractivity (Wildman–Crippen MR) is 101 cm³/mol. The number of aromatic nitrogens is 3. The molecule has 2 saturated heterocycles. The molecule has 0 aliphatic carbocycles. The molecule has 0 spiro atoms. The summed E-state index contributed by atoms with van der Waals surface area (Å²) in [5.41, 5.74) is 3.16. The van der Waals surface area contributed by atoms with Gasteiger partial charge in [0, 0.05) is 24.2 Å². The van der Waals surface area contributed by atoms with Gasteiger partial charge in [-0.15, -0.1) is 0 Å². The highest BCUT2D eigenvalue weighted by molar-refractivity contribution is 5.89. The Morgan fingerprint density at radius 2 is 1.97 bits per heavy atom. The molecule has 2 aromatic heterocycles. The van der Waals surface area contributed by atoms with Crippen molar-refractivity contribution in [2.24, 2.45) is 5.92 Å². The first-order valence-electron chi connectivity index (χ1n) is 10.0. The Hall–Kier alpha value is -2.99. The van der Waals surface area contributed by atoms with Gasteiger partial charge in [-0.25, -0.2) is 10.4 Å². The Balaban J connectivity index is 1.39. The largest absolute Gasteiger partial charge is 0.433 e. The third-order valence-corrected chi connectivity index (χ3v) is 5.77. The minimum Gasteiger partial charge on any atom is -0.338 e. The molecule has 0 radical (unpaired) electrons. The van der Waals surface area contributed by atoms with E-state index in [1.165, 1.54) is 12.1 Å². The predicted octanol–water partition coefficient (Wildman–Crippen LogP) is 1.39. The molecular weight excluding hydrogens is 415 g/mol. The SMILES string of the molecule is O=C1C=C(C2CCNCC2)N2NCC(c3nc(-c4cccc(C(F)(F)F)n4)no3)C2N1. The van der Waals surface area contributed by atoms with Crippen molar-refractivity contribution in [2.75, 3.05) is 19.6 Å². The fourth-order valence-corrected chi connectivity index (χ4v) is 4.26. The third kappa shape index (κ3) is 3.76. The molecule has 31 heavy (non-hydrogen) atoms. The Bertz CT molecular complexity index is 1020. The fraction of sp³-hybridized carbons (Fsp3) is 0.474. The maximum Gasteiger partial charge on any atom is 0.433 e. The number of piperidine rings is 1. The molecule has 0 aromatic carbocycles. The summed E-state index contributed by atoms with van der Waals surface area (Å²) >= 11 is 0. The smallest absolute Gasteiger partial charge is 0.338 e. The number of rotatable bonds is 3. The monoisotopic (exact) mass is 435 g/mol. The molecule has 0 bridgehead atoms. The van der Waals surface area contributed by atoms with Crippen molar-refractivity contribution in [2.45, 2.75) is 31.1 Å². The van der Waals surface area contributed by atoms with Crippen LogP contribution < -0.4 is 16.1 Å². The van der Waals surface area contributed by atoms with Crippen molar-refractivity contribution in [1.29, 1.82) is 0 Å². The molecule has 1 amide bonds. The zero-order chi connectivity index (χ0) is 21.6. The Kier molecular flexibility index (Phi) is 4.89. The van der Waals surface area contributed by atoms with Crippen LogP contribution in [0.4, 0.5) is 13.2 Å². The summed E-state index contributed by atoms with van der Waals surface area (Å²) in [6.45, 7) is 2.22. The number of nitrogens with one attached hydrogen (secondary N) is 3. The summed E-state index contributed by atoms with van der Waals surface area (Å²) in [5, 5.41) is 12.0. The number of hydrogen-bond donors (Lipinski definition) is 3. The highest BCUT2D eigenvalue weighted by Crippen LogP contribution is 2.35. The van der Waals surface area contributed by atoms with Crippen LogP contribution in [0.2, 0.25) is 0 Å². The zero-order valence-electron chi connectivity index (χ0n) is 16.3. The van der Waals surface area contributed by atoms with Gasteiger partial charge in [0.15, 0.2) is 0 Å². The van der Waals surface area contributed by atoms with Gasteiger partial charge in [-0.2, -0.15) is 18.2 Å². The lowest BCUT2D eigenvalue weighted by molar-refractivity contribution is -0.141. The van der Waals surface area contributed by atoms with Gasteiger partial charge in [-0.3, -0.25) is 9.80 Å². The highest BCUT2D eigenvalue weighted by atomic mass is 19.4. The number of amides is 1. The molecule has 3 aliphatic rings. The molecule has 5 rings (SSSR count). The maximum absolute atomic E-state index is 13.0. The highest BCUT2D eigenvalue weighted by Gasteiger charge is 2.44. The summed E-state index contributed by atoms with van der Waals surface area (Å²) in [5.74, 6) is -0.102. The normalized spacial score (nSPS) is 24.7. The maximum atomic E-state index is 13.0. The van der Waals surface area contributed by atoms with E-state index in [0.717, 1.165) is 37.7 Å². The van der Waals surface area contributed by atoms with Crippen molar-refractivity contribution in [3.8, 4) is 11.5 Å². The van der Waals surface area contributed by atoms with Gasteiger partial charge in [-0.1, -0.05) is 11.2 Å². The van der Waals surface area contributed by atoms with Crippen LogP contribution >= 0.6 is 0 Å². The van der Waals surface area contributed by atoms with Gasteiger partial charge >= 0.3 is 6.18 Å². The molecule has 9 nitrogen and oxygen atoms in total. The van der Waals surface area contributed by atoms with Crippen LogP contribution in [0, 0.1) is 5.92 Å². The molecule has 3 aliphatic heterocycles. The van der Waals surface area contributed by atoms with Gasteiger partial charge in [0.2, 0.25) is 17.6 Å². The quantitative estimate of drug-likeness (QED) is 0.664. The van der Waals surface area contributed by atoms with Crippen LogP contribution in [0.25, 0.3) is 11.5 Å². The number of fused-ring (bicyclic) bond motifs is 1. The molecule has 5 heterocycles. The number of carbonyl (C=O) groups is 1. The minimum atomic E-state index is -4.57. The Morgan fingerprint density at radius 1 is 1.16 bits per heavy atom. The summed E-state index contributed by atoms with van der Waals surface area (Å²) in [7, 11) is 0. The second-order valence-electron chi connectivity index (χ2n) is 7.75. The molecule has 3 N–H and O–H groups in total. The van der Waals surface area contributed by atoms with E-state index >= 15 is 0 Å². The summed E-state index contributed by atoms with van der Waals surface area (Å²) < 4.78 is 44.2. The van der Waals surface area contributed by atoms with Crippen LogP contribution in [0.5, 0.6) is 0 Å². The van der Waals surface area contributed by atoms with Crippen LogP contribution in [0.3, 0.4) is 0 Å². The lowest BCUT2D eigenvalue weighted by Gasteiger charge is -2.38. The number of hydrazine groups is 1. The van der Waals surface area contributed by atoms with Gasteiger partial charge in [0.1, 0.15) is 17.6 Å². The lowest BCUT2D eigenvalue weighted by atomic mass is 9.92. The first kappa shape index (κ1) is 19.9. The number of pyridine rings is 1. The number of carbonyl (C=O) groups excluding carboxylic acids is 1. The van der Waals surface area contributed by atoms with Crippen molar-refractivity contribution < 1.29 is 22.5 Å². The molecule has 2 fully saturated rings. The molecule has 2 atom stereocenters. The second kappa shape index (κ2) is 7.61. The van der Waals surface area contributed by atoms with Crippen LogP contribution in [0.15, 0.2) is 34.5 Å². The third-order valence-electron chi connectivity index (χ3n) is 5.77. The first-order valence-corrected chi connectivity index (χ1v) is 10.0. The van der Waals surface area contributed by atoms with Gasteiger partial charge in [0.05, 0.1) is 5.92 Å². The van der Waals surface area contributed by atoms with E-state index in [0.29, 0.717) is 6.54 Å². The average Bonchev–Trinajstić information content (AvgIpc) is 3.40. The summed E-state index contributed by atoms with van der Waals surface area (Å²) in [6.07, 6.45) is -1.51. The average molecular weight is 435 g/mol. The van der Waals surface area contributed by atoms with Crippen molar-refractivity contribution in [1.82, 2.24) is 36.2 Å². The van der Waals surface area contributed by atoms with Crippen molar-refractivity contribution in [3.05, 3.63) is 41.6 Å². The van der Waals surface area contributed by atoms with Crippen LogP contribution in [0.1, 0.15) is 30.3 Å². The number of hydrogen-bond acceptors (Lipinski definition) is 8. The van der Waals surface area contributed by atoms with E-state index in [2.05, 4.69) is 31.2 Å².